The van der Waals surface area contributed by atoms with Crippen molar-refractivity contribution in [3.8, 4) is 11.5 Å². The van der Waals surface area contributed by atoms with Crippen LogP contribution in [0, 0.1) is 0 Å². The van der Waals surface area contributed by atoms with Gasteiger partial charge < -0.3 is 24.8 Å². The van der Waals surface area contributed by atoms with Gasteiger partial charge in [0.25, 0.3) is 0 Å². The van der Waals surface area contributed by atoms with Crippen molar-refractivity contribution in [1.29, 1.82) is 0 Å². The van der Waals surface area contributed by atoms with Crippen LogP contribution in [0.1, 0.15) is 25.0 Å². The van der Waals surface area contributed by atoms with Crippen LogP contribution in [0.2, 0.25) is 0 Å². The Morgan fingerprint density at radius 3 is 2.56 bits per heavy atom. The van der Waals surface area contributed by atoms with Gasteiger partial charge in [0, 0.05) is 26.2 Å². The molecule has 1 aliphatic rings. The topological polar surface area (TPSA) is 67.4 Å². The monoisotopic (exact) mass is 440 g/mol. The number of aliphatic imine (C=N–C) groups is 1. The summed E-state index contributed by atoms with van der Waals surface area (Å²) in [5.41, 5.74) is 2.52. The number of nitrogens with one attached hydrogen (secondary N) is 2. The van der Waals surface area contributed by atoms with Crippen molar-refractivity contribution in [2.24, 2.45) is 4.99 Å². The molecule has 1 aliphatic heterocycles. The number of benzene rings is 2. The van der Waals surface area contributed by atoms with Gasteiger partial charge in [-0.15, -0.1) is 0 Å². The van der Waals surface area contributed by atoms with Crippen LogP contribution >= 0.6 is 0 Å². The maximum absolute atomic E-state index is 6.03. The summed E-state index contributed by atoms with van der Waals surface area (Å²) in [6.07, 6.45) is -0.0491. The molecule has 2 aromatic carbocycles. The molecule has 0 radical (unpaired) electrons. The molecule has 174 valence electrons. The fraction of sp³-hybridized carbons (Fsp3) is 0.480. The summed E-state index contributed by atoms with van der Waals surface area (Å²) in [7, 11) is 1.65. The molecule has 32 heavy (non-hydrogen) atoms. The highest BCUT2D eigenvalue weighted by Crippen LogP contribution is 2.26. The zero-order valence-corrected chi connectivity index (χ0v) is 19.5. The van der Waals surface area contributed by atoms with Gasteiger partial charge in [0.15, 0.2) is 17.5 Å². The number of guanidine groups is 1. The van der Waals surface area contributed by atoms with Crippen LogP contribution in [0.5, 0.6) is 11.5 Å². The molecule has 1 saturated heterocycles. The molecule has 0 saturated carbocycles. The third kappa shape index (κ3) is 7.73. The molecule has 0 amide bonds. The van der Waals surface area contributed by atoms with Gasteiger partial charge in [-0.2, -0.15) is 0 Å². The first-order valence-corrected chi connectivity index (χ1v) is 11.4. The van der Waals surface area contributed by atoms with Crippen LogP contribution in [0.25, 0.3) is 0 Å². The molecule has 0 spiro atoms. The molecular formula is C25H36N4O3. The largest absolute Gasteiger partial charge is 0.493 e. The Labute approximate surface area is 191 Å². The van der Waals surface area contributed by atoms with Crippen LogP contribution in [-0.2, 0) is 17.8 Å². The minimum absolute atomic E-state index is 0.0491. The summed E-state index contributed by atoms with van der Waals surface area (Å²) in [4.78, 5) is 7.20. The molecule has 0 aliphatic carbocycles. The molecular weight excluding hydrogens is 404 g/mol. The average molecular weight is 441 g/mol. The van der Waals surface area contributed by atoms with E-state index in [0.29, 0.717) is 13.1 Å². The first-order valence-electron chi connectivity index (χ1n) is 11.4. The fourth-order valence-corrected chi connectivity index (χ4v) is 3.57. The van der Waals surface area contributed by atoms with Gasteiger partial charge in [-0.1, -0.05) is 36.4 Å². The quantitative estimate of drug-likeness (QED) is 0.437. The third-order valence-electron chi connectivity index (χ3n) is 5.22. The summed E-state index contributed by atoms with van der Waals surface area (Å²) < 4.78 is 16.8. The van der Waals surface area contributed by atoms with Crippen LogP contribution in [0.4, 0.5) is 0 Å². The Morgan fingerprint density at radius 2 is 1.81 bits per heavy atom. The Hall–Kier alpha value is -2.77. The maximum atomic E-state index is 6.03. The predicted molar refractivity (Wildman–Crippen MR) is 128 cm³/mol. The molecule has 1 heterocycles. The number of morpholine rings is 1. The molecule has 3 rings (SSSR count). The van der Waals surface area contributed by atoms with Crippen LogP contribution in [0.3, 0.4) is 0 Å². The lowest BCUT2D eigenvalue weighted by Gasteiger charge is -2.26. The smallest absolute Gasteiger partial charge is 0.191 e. The molecule has 7 heteroatoms. The highest BCUT2D eigenvalue weighted by Gasteiger charge is 2.11. The van der Waals surface area contributed by atoms with Gasteiger partial charge in [-0.25, -0.2) is 4.99 Å². The van der Waals surface area contributed by atoms with Crippen LogP contribution in [0.15, 0.2) is 53.5 Å². The van der Waals surface area contributed by atoms with Crippen molar-refractivity contribution in [3.63, 3.8) is 0 Å². The second kappa shape index (κ2) is 12.9. The molecule has 1 unspecified atom stereocenters. The second-order valence-electron chi connectivity index (χ2n) is 7.86. The molecule has 1 atom stereocenters. The number of rotatable bonds is 10. The van der Waals surface area contributed by atoms with E-state index in [1.54, 1.807) is 7.11 Å². The Balaban J connectivity index is 1.53. The zero-order valence-electron chi connectivity index (χ0n) is 19.5. The Bertz CT molecular complexity index is 853. The lowest BCUT2D eigenvalue weighted by molar-refractivity contribution is 0.0342. The van der Waals surface area contributed by atoms with Crippen LogP contribution < -0.4 is 20.1 Å². The van der Waals surface area contributed by atoms with Crippen molar-refractivity contribution in [3.05, 3.63) is 59.7 Å². The standard InChI is InChI=1S/C25H36N4O3/c1-4-26-25(27-17-20(2)32-24-11-6-5-10-23(24)30-3)28-18-21-8-7-9-22(16-21)19-29-12-14-31-15-13-29/h5-11,16,20H,4,12-15,17-19H2,1-3H3,(H2,26,27,28). The molecule has 0 aromatic heterocycles. The summed E-state index contributed by atoms with van der Waals surface area (Å²) in [5.74, 6) is 2.25. The van der Waals surface area contributed by atoms with Gasteiger partial charge in [-0.3, -0.25) is 4.90 Å². The number of ether oxygens (including phenoxy) is 3. The van der Waals surface area contributed by atoms with E-state index < -0.39 is 0 Å². The first kappa shape index (κ1) is 23.9. The Morgan fingerprint density at radius 1 is 1.06 bits per heavy atom. The number of methoxy groups -OCH3 is 1. The molecule has 7 nitrogen and oxygen atoms in total. The molecule has 1 fully saturated rings. The van der Waals surface area contributed by atoms with E-state index in [4.69, 9.17) is 19.2 Å². The number of hydrogen-bond donors (Lipinski definition) is 2. The second-order valence-corrected chi connectivity index (χ2v) is 7.86. The van der Waals surface area contributed by atoms with E-state index in [2.05, 4.69) is 46.7 Å². The highest BCUT2D eigenvalue weighted by atomic mass is 16.5. The fourth-order valence-electron chi connectivity index (χ4n) is 3.57. The maximum Gasteiger partial charge on any atom is 0.191 e. The average Bonchev–Trinajstić information content (AvgIpc) is 2.82. The third-order valence-corrected chi connectivity index (χ3v) is 5.22. The van der Waals surface area contributed by atoms with E-state index in [9.17, 15) is 0 Å². The van der Waals surface area contributed by atoms with Crippen molar-refractivity contribution >= 4 is 5.96 Å². The van der Waals surface area contributed by atoms with E-state index >= 15 is 0 Å². The van der Waals surface area contributed by atoms with E-state index in [0.717, 1.165) is 56.9 Å². The van der Waals surface area contributed by atoms with Gasteiger partial charge in [0.1, 0.15) is 6.10 Å². The van der Waals surface area contributed by atoms with Crippen molar-refractivity contribution in [2.75, 3.05) is 46.5 Å². The number of hydrogen-bond acceptors (Lipinski definition) is 5. The van der Waals surface area contributed by atoms with Crippen molar-refractivity contribution < 1.29 is 14.2 Å². The minimum Gasteiger partial charge on any atom is -0.493 e. The van der Waals surface area contributed by atoms with Crippen molar-refractivity contribution in [1.82, 2.24) is 15.5 Å². The van der Waals surface area contributed by atoms with Gasteiger partial charge in [0.05, 0.1) is 33.4 Å². The van der Waals surface area contributed by atoms with E-state index in [1.807, 2.05) is 31.2 Å². The number of nitrogens with zero attached hydrogens (tertiary/aromatic N) is 2. The molecule has 2 N–H and O–H groups in total. The lowest BCUT2D eigenvalue weighted by atomic mass is 10.1. The molecule has 2 aromatic rings. The number of para-hydroxylation sites is 2. The van der Waals surface area contributed by atoms with Crippen molar-refractivity contribution in [2.45, 2.75) is 33.0 Å². The Kier molecular flexibility index (Phi) is 9.65. The minimum atomic E-state index is -0.0491. The molecule has 0 bridgehead atoms. The van der Waals surface area contributed by atoms with Gasteiger partial charge in [0.2, 0.25) is 0 Å². The van der Waals surface area contributed by atoms with E-state index in [1.165, 1.54) is 11.1 Å². The summed E-state index contributed by atoms with van der Waals surface area (Å²) in [5, 5.41) is 6.69. The SMILES string of the molecule is CCNC(=NCc1cccc(CN2CCOCC2)c1)NCC(C)Oc1ccccc1OC. The highest BCUT2D eigenvalue weighted by molar-refractivity contribution is 5.79. The van der Waals surface area contributed by atoms with E-state index in [-0.39, 0.29) is 6.10 Å². The first-order chi connectivity index (χ1) is 15.7. The summed E-state index contributed by atoms with van der Waals surface area (Å²) >= 11 is 0. The van der Waals surface area contributed by atoms with Gasteiger partial charge >= 0.3 is 0 Å². The van der Waals surface area contributed by atoms with Crippen LogP contribution in [-0.4, -0.2) is 63.5 Å². The normalized spacial score (nSPS) is 15.8. The lowest BCUT2D eigenvalue weighted by Crippen LogP contribution is -2.41. The van der Waals surface area contributed by atoms with Gasteiger partial charge in [-0.05, 0) is 37.1 Å². The summed E-state index contributed by atoms with van der Waals surface area (Å²) in [6, 6.07) is 16.4. The predicted octanol–water partition coefficient (Wildman–Crippen LogP) is 3.05. The zero-order chi connectivity index (χ0) is 22.6. The summed E-state index contributed by atoms with van der Waals surface area (Å²) in [6.45, 7) is 10.7.